The first-order valence-corrected chi connectivity index (χ1v) is 7.44. The molecule has 0 aromatic rings. The highest BCUT2D eigenvalue weighted by molar-refractivity contribution is 7.80. The second-order valence-electron chi connectivity index (χ2n) is 6.01. The molecular formula is C13H25N3O3S. The van der Waals surface area contributed by atoms with Crippen LogP contribution >= 0.6 is 12.6 Å². The smallest absolute Gasteiger partial charge is 0.408 e. The standard InChI is InChI=1S/C13H25N3O3S/c1-13(2,3)19-12(18)14-10(9-20)11(17)16-7-5-15(4)6-8-16/h10,20H,5-9H2,1-4H3,(H,14,18). The van der Waals surface area contributed by atoms with Gasteiger partial charge in [-0.2, -0.15) is 12.6 Å². The zero-order chi connectivity index (χ0) is 15.3. The van der Waals surface area contributed by atoms with E-state index in [0.717, 1.165) is 13.1 Å². The number of ether oxygens (including phenoxy) is 1. The summed E-state index contributed by atoms with van der Waals surface area (Å²) in [5.74, 6) is 0.156. The van der Waals surface area contributed by atoms with E-state index < -0.39 is 17.7 Å². The molecule has 1 aliphatic rings. The van der Waals surface area contributed by atoms with Crippen molar-refractivity contribution < 1.29 is 14.3 Å². The van der Waals surface area contributed by atoms with E-state index in [2.05, 4.69) is 22.8 Å². The predicted octanol–water partition coefficient (Wildman–Crippen LogP) is 0.583. The van der Waals surface area contributed by atoms with Gasteiger partial charge in [0.2, 0.25) is 5.91 Å². The maximum absolute atomic E-state index is 12.3. The normalized spacial score (nSPS) is 18.6. The van der Waals surface area contributed by atoms with Gasteiger partial charge in [-0.25, -0.2) is 4.79 Å². The van der Waals surface area contributed by atoms with Gasteiger partial charge in [-0.1, -0.05) is 0 Å². The molecule has 6 nitrogen and oxygen atoms in total. The molecule has 0 aliphatic carbocycles. The van der Waals surface area contributed by atoms with Crippen LogP contribution in [0.25, 0.3) is 0 Å². The van der Waals surface area contributed by atoms with E-state index in [1.54, 1.807) is 25.7 Å². The summed E-state index contributed by atoms with van der Waals surface area (Å²) in [7, 11) is 2.02. The van der Waals surface area contributed by atoms with Crippen LogP contribution in [0.5, 0.6) is 0 Å². The van der Waals surface area contributed by atoms with E-state index in [1.807, 2.05) is 7.05 Å². The summed E-state index contributed by atoms with van der Waals surface area (Å²) in [6.07, 6.45) is -0.584. The van der Waals surface area contributed by atoms with Crippen molar-refractivity contribution in [3.05, 3.63) is 0 Å². The third-order valence-corrected chi connectivity index (χ3v) is 3.35. The van der Waals surface area contributed by atoms with Crippen molar-refractivity contribution in [2.24, 2.45) is 0 Å². The van der Waals surface area contributed by atoms with E-state index >= 15 is 0 Å². The Morgan fingerprint density at radius 2 is 1.80 bits per heavy atom. The van der Waals surface area contributed by atoms with Gasteiger partial charge in [-0.05, 0) is 27.8 Å². The highest BCUT2D eigenvalue weighted by Gasteiger charge is 2.28. The fourth-order valence-electron chi connectivity index (χ4n) is 1.88. The number of rotatable bonds is 3. The molecule has 1 aliphatic heterocycles. The van der Waals surface area contributed by atoms with Gasteiger partial charge in [0.05, 0.1) is 0 Å². The lowest BCUT2D eigenvalue weighted by atomic mass is 10.2. The Kier molecular flexibility index (Phi) is 6.13. The first kappa shape index (κ1) is 17.1. The summed E-state index contributed by atoms with van der Waals surface area (Å²) >= 11 is 4.15. The molecule has 1 rings (SSSR count). The predicted molar refractivity (Wildman–Crippen MR) is 81.1 cm³/mol. The number of nitrogens with zero attached hydrogens (tertiary/aromatic N) is 2. The second kappa shape index (κ2) is 7.17. The third-order valence-electron chi connectivity index (χ3n) is 2.99. The van der Waals surface area contributed by atoms with Crippen molar-refractivity contribution in [3.8, 4) is 0 Å². The van der Waals surface area contributed by atoms with Crippen LogP contribution in [0.3, 0.4) is 0 Å². The highest BCUT2D eigenvalue weighted by atomic mass is 32.1. The Hall–Kier alpha value is -0.950. The molecule has 116 valence electrons. The summed E-state index contributed by atoms with van der Waals surface area (Å²) in [6, 6.07) is -0.642. The van der Waals surface area contributed by atoms with E-state index in [-0.39, 0.29) is 11.7 Å². The fourth-order valence-corrected chi connectivity index (χ4v) is 2.13. The molecule has 0 aromatic carbocycles. The third kappa shape index (κ3) is 5.58. The number of piperazine rings is 1. The number of hydrogen-bond donors (Lipinski definition) is 2. The molecule has 1 saturated heterocycles. The van der Waals surface area contributed by atoms with Gasteiger partial charge >= 0.3 is 6.09 Å². The van der Waals surface area contributed by atoms with Crippen molar-refractivity contribution in [1.82, 2.24) is 15.1 Å². The van der Waals surface area contributed by atoms with Gasteiger partial charge in [0.15, 0.2) is 0 Å². The van der Waals surface area contributed by atoms with Crippen molar-refractivity contribution >= 4 is 24.6 Å². The Labute approximate surface area is 126 Å². The number of nitrogens with one attached hydrogen (secondary N) is 1. The van der Waals surface area contributed by atoms with Crippen LogP contribution in [-0.2, 0) is 9.53 Å². The lowest BCUT2D eigenvalue weighted by Gasteiger charge is -2.34. The molecule has 1 N–H and O–H groups in total. The average Bonchev–Trinajstić information content (AvgIpc) is 2.34. The van der Waals surface area contributed by atoms with Gasteiger partial charge in [0, 0.05) is 31.9 Å². The van der Waals surface area contributed by atoms with Crippen molar-refractivity contribution in [3.63, 3.8) is 0 Å². The van der Waals surface area contributed by atoms with Gasteiger partial charge in [0.1, 0.15) is 11.6 Å². The van der Waals surface area contributed by atoms with Crippen molar-refractivity contribution in [2.75, 3.05) is 39.0 Å². The lowest BCUT2D eigenvalue weighted by Crippen LogP contribution is -2.55. The number of carbonyl (C=O) groups is 2. The molecule has 0 aromatic heterocycles. The van der Waals surface area contributed by atoms with Crippen molar-refractivity contribution in [2.45, 2.75) is 32.4 Å². The molecule has 2 amide bonds. The Balaban J connectivity index is 2.53. The molecule has 0 bridgehead atoms. The molecule has 1 heterocycles. The summed E-state index contributed by atoms with van der Waals surface area (Å²) < 4.78 is 5.16. The van der Waals surface area contributed by atoms with Crippen LogP contribution in [0.15, 0.2) is 0 Å². The zero-order valence-electron chi connectivity index (χ0n) is 12.7. The van der Waals surface area contributed by atoms with E-state index in [0.29, 0.717) is 13.1 Å². The van der Waals surface area contributed by atoms with Gasteiger partial charge in [-0.3, -0.25) is 4.79 Å². The summed E-state index contributed by atoms with van der Waals surface area (Å²) in [6.45, 7) is 8.39. The maximum Gasteiger partial charge on any atom is 0.408 e. The Morgan fingerprint density at radius 3 is 2.25 bits per heavy atom. The van der Waals surface area contributed by atoms with Crippen LogP contribution in [0, 0.1) is 0 Å². The van der Waals surface area contributed by atoms with Gasteiger partial charge in [0.25, 0.3) is 0 Å². The van der Waals surface area contributed by atoms with Crippen LogP contribution in [0.1, 0.15) is 20.8 Å². The van der Waals surface area contributed by atoms with Gasteiger partial charge < -0.3 is 19.9 Å². The molecule has 0 saturated carbocycles. The number of amides is 2. The Morgan fingerprint density at radius 1 is 1.25 bits per heavy atom. The summed E-state index contributed by atoms with van der Waals surface area (Å²) in [5.41, 5.74) is -0.581. The van der Waals surface area contributed by atoms with Crippen LogP contribution in [-0.4, -0.2) is 72.4 Å². The highest BCUT2D eigenvalue weighted by Crippen LogP contribution is 2.08. The number of carbonyl (C=O) groups excluding carboxylic acids is 2. The fraction of sp³-hybridized carbons (Fsp3) is 0.846. The molecule has 1 fully saturated rings. The van der Waals surface area contributed by atoms with E-state index in [9.17, 15) is 9.59 Å². The minimum absolute atomic E-state index is 0.0982. The van der Waals surface area contributed by atoms with E-state index in [4.69, 9.17) is 4.74 Å². The van der Waals surface area contributed by atoms with E-state index in [1.165, 1.54) is 0 Å². The molecule has 7 heteroatoms. The first-order chi connectivity index (χ1) is 9.23. The molecule has 0 spiro atoms. The summed E-state index contributed by atoms with van der Waals surface area (Å²) in [4.78, 5) is 28.0. The Bertz CT molecular complexity index is 349. The molecule has 20 heavy (non-hydrogen) atoms. The first-order valence-electron chi connectivity index (χ1n) is 6.80. The van der Waals surface area contributed by atoms with Crippen LogP contribution < -0.4 is 5.32 Å². The van der Waals surface area contributed by atoms with Crippen molar-refractivity contribution in [1.29, 1.82) is 0 Å². The summed E-state index contributed by atoms with van der Waals surface area (Å²) in [5, 5.41) is 2.59. The molecule has 1 unspecified atom stereocenters. The maximum atomic E-state index is 12.3. The largest absolute Gasteiger partial charge is 0.444 e. The van der Waals surface area contributed by atoms with Crippen LogP contribution in [0.2, 0.25) is 0 Å². The second-order valence-corrected chi connectivity index (χ2v) is 6.38. The zero-order valence-corrected chi connectivity index (χ0v) is 13.6. The number of alkyl carbamates (subject to hydrolysis) is 1. The SMILES string of the molecule is CN1CCN(C(=O)C(CS)NC(=O)OC(C)(C)C)CC1. The number of hydrogen-bond acceptors (Lipinski definition) is 5. The van der Waals surface area contributed by atoms with Gasteiger partial charge in [-0.15, -0.1) is 0 Å². The molecule has 1 atom stereocenters. The number of thiol groups is 1. The average molecular weight is 303 g/mol. The molecular weight excluding hydrogens is 278 g/mol. The lowest BCUT2D eigenvalue weighted by molar-refractivity contribution is -0.134. The number of likely N-dealkylation sites (N-methyl/N-ethyl adjacent to an activating group) is 1. The monoisotopic (exact) mass is 303 g/mol. The van der Waals surface area contributed by atoms with Crippen LogP contribution in [0.4, 0.5) is 4.79 Å². The topological polar surface area (TPSA) is 61.9 Å². The quantitative estimate of drug-likeness (QED) is 0.749. The minimum Gasteiger partial charge on any atom is -0.444 e. The molecule has 0 radical (unpaired) electrons. The minimum atomic E-state index is -0.642.